The number of nitrogens with one attached hydrogen (secondary N) is 1. The number of anilines is 1. The van der Waals surface area contributed by atoms with Crippen molar-refractivity contribution in [1.29, 1.82) is 0 Å². The monoisotopic (exact) mass is 427 g/mol. The molecule has 0 amide bonds. The number of aromatic nitrogens is 4. The van der Waals surface area contributed by atoms with Crippen LogP contribution in [0.4, 0.5) is 5.95 Å². The maximum Gasteiger partial charge on any atom is 0.280 e. The van der Waals surface area contributed by atoms with Gasteiger partial charge >= 0.3 is 0 Å². The van der Waals surface area contributed by atoms with Crippen LogP contribution in [0.1, 0.15) is 38.8 Å². The minimum atomic E-state index is -0.370. The van der Waals surface area contributed by atoms with Crippen LogP contribution in [0.2, 0.25) is 0 Å². The molecule has 6 heteroatoms. The van der Waals surface area contributed by atoms with Gasteiger partial charge in [0.2, 0.25) is 5.95 Å². The molecule has 5 aromatic rings. The lowest BCUT2D eigenvalue weighted by atomic mass is 9.86. The number of fused-ring (bicyclic) bond motifs is 6. The highest BCUT2D eigenvalue weighted by atomic mass is 16.1. The molecule has 32 heavy (non-hydrogen) atoms. The minimum Gasteiger partial charge on any atom is -0.369 e. The average Bonchev–Trinajstić information content (AvgIpc) is 2.79. The summed E-state index contributed by atoms with van der Waals surface area (Å²) in [6, 6.07) is 18.0. The Labute approximate surface area is 187 Å². The summed E-state index contributed by atoms with van der Waals surface area (Å²) in [5.74, 6) is 0.0491. The second kappa shape index (κ2) is 9.56. The fourth-order valence-electron chi connectivity index (χ4n) is 4.23. The molecule has 164 valence electrons. The first-order valence-electron chi connectivity index (χ1n) is 10.1. The van der Waals surface area contributed by atoms with Gasteiger partial charge in [-0.2, -0.15) is 4.98 Å². The quantitative estimate of drug-likeness (QED) is 0.321. The smallest absolute Gasteiger partial charge is 0.280 e. The molecule has 0 spiro atoms. The van der Waals surface area contributed by atoms with E-state index >= 15 is 0 Å². The summed E-state index contributed by atoms with van der Waals surface area (Å²) in [5.41, 5.74) is 8.56. The zero-order valence-electron chi connectivity index (χ0n) is 16.4. The number of hydrogen-bond donors (Lipinski definition) is 2. The zero-order valence-corrected chi connectivity index (χ0v) is 16.4. The normalized spacial score (nSPS) is 12.2. The molecular formula is C26H29N5O. The van der Waals surface area contributed by atoms with E-state index in [-0.39, 0.29) is 37.5 Å². The predicted molar refractivity (Wildman–Crippen MR) is 134 cm³/mol. The Bertz CT molecular complexity index is 1440. The van der Waals surface area contributed by atoms with E-state index in [1.54, 1.807) is 11.1 Å². The van der Waals surface area contributed by atoms with E-state index in [4.69, 9.17) is 5.73 Å². The molecule has 0 unspecified atom stereocenters. The van der Waals surface area contributed by atoms with Crippen molar-refractivity contribution in [2.24, 2.45) is 0 Å². The van der Waals surface area contributed by atoms with E-state index in [0.29, 0.717) is 0 Å². The van der Waals surface area contributed by atoms with Crippen LogP contribution in [0.3, 0.4) is 0 Å². The summed E-state index contributed by atoms with van der Waals surface area (Å²) in [6.07, 6.45) is 8.10. The van der Waals surface area contributed by atoms with Crippen LogP contribution >= 0.6 is 0 Å². The molecule has 2 aromatic heterocycles. The first-order chi connectivity index (χ1) is 14.7. The molecular weight excluding hydrogens is 398 g/mol. The first-order valence-corrected chi connectivity index (χ1v) is 10.1. The number of H-pyrrole nitrogens is 1. The summed E-state index contributed by atoms with van der Waals surface area (Å²) in [6.45, 7) is 0. The van der Waals surface area contributed by atoms with Crippen LogP contribution < -0.4 is 11.3 Å². The van der Waals surface area contributed by atoms with Crippen molar-refractivity contribution in [2.45, 2.75) is 40.5 Å². The number of benzene rings is 3. The molecule has 0 saturated heterocycles. The summed E-state index contributed by atoms with van der Waals surface area (Å²) in [4.78, 5) is 24.9. The van der Waals surface area contributed by atoms with Crippen molar-refractivity contribution in [2.75, 3.05) is 5.73 Å². The summed E-state index contributed by atoms with van der Waals surface area (Å²) in [7, 11) is 0. The molecule has 6 nitrogen and oxygen atoms in total. The van der Waals surface area contributed by atoms with Gasteiger partial charge in [0, 0.05) is 12.4 Å². The van der Waals surface area contributed by atoms with Crippen LogP contribution in [-0.2, 0) is 12.8 Å². The Kier molecular flexibility index (Phi) is 6.83. The third-order valence-corrected chi connectivity index (χ3v) is 5.62. The molecule has 0 atom stereocenters. The third-order valence-electron chi connectivity index (χ3n) is 5.62. The molecule has 1 aliphatic carbocycles. The van der Waals surface area contributed by atoms with Crippen LogP contribution in [0, 0.1) is 0 Å². The van der Waals surface area contributed by atoms with E-state index in [2.05, 4.69) is 68.5 Å². The molecule has 0 bridgehead atoms. The Balaban J connectivity index is 0.000000183. The molecule has 3 N–H and O–H groups in total. The maximum absolute atomic E-state index is 11.1. The molecule has 0 radical (unpaired) electrons. The van der Waals surface area contributed by atoms with E-state index in [1.165, 1.54) is 59.6 Å². The van der Waals surface area contributed by atoms with Crippen LogP contribution in [0.15, 0.2) is 65.7 Å². The molecule has 0 saturated carbocycles. The van der Waals surface area contributed by atoms with Crippen molar-refractivity contribution in [3.05, 3.63) is 82.4 Å². The lowest BCUT2D eigenvalue weighted by molar-refractivity contribution is 0.690. The van der Waals surface area contributed by atoms with E-state index in [1.807, 2.05) is 0 Å². The minimum absolute atomic E-state index is 0. The molecule has 0 fully saturated rings. The predicted octanol–water partition coefficient (Wildman–Crippen LogP) is 5.44. The highest BCUT2D eigenvalue weighted by molar-refractivity contribution is 6.08. The maximum atomic E-state index is 11.1. The third kappa shape index (κ3) is 4.17. The number of nitrogens with two attached hydrogens (primary N) is 1. The Morgan fingerprint density at radius 3 is 2.44 bits per heavy atom. The van der Waals surface area contributed by atoms with Crippen molar-refractivity contribution < 1.29 is 0 Å². The number of aromatic amines is 1. The van der Waals surface area contributed by atoms with E-state index in [9.17, 15) is 4.79 Å². The number of aryl methyl sites for hydroxylation is 2. The van der Waals surface area contributed by atoms with Gasteiger partial charge in [-0.25, -0.2) is 9.97 Å². The number of nitrogen functional groups attached to an aromatic ring is 1. The van der Waals surface area contributed by atoms with Gasteiger partial charge in [0.15, 0.2) is 11.2 Å². The second-order valence-corrected chi connectivity index (χ2v) is 7.47. The van der Waals surface area contributed by atoms with Gasteiger partial charge in [-0.1, -0.05) is 63.4 Å². The summed E-state index contributed by atoms with van der Waals surface area (Å²) in [5, 5.41) is 5.64. The molecule has 2 heterocycles. The highest BCUT2D eigenvalue weighted by Crippen LogP contribution is 2.33. The molecule has 1 aliphatic rings. The number of nitrogens with zero attached hydrogens (tertiary/aromatic N) is 3. The van der Waals surface area contributed by atoms with Gasteiger partial charge in [0.05, 0.1) is 0 Å². The number of hydrogen-bond acceptors (Lipinski definition) is 5. The van der Waals surface area contributed by atoms with Crippen molar-refractivity contribution >= 4 is 38.7 Å². The second-order valence-electron chi connectivity index (χ2n) is 7.47. The number of rotatable bonds is 0. The van der Waals surface area contributed by atoms with Crippen LogP contribution in [-0.4, -0.2) is 19.9 Å². The van der Waals surface area contributed by atoms with Gasteiger partial charge in [-0.05, 0) is 58.4 Å². The largest absolute Gasteiger partial charge is 0.369 e. The van der Waals surface area contributed by atoms with Crippen LogP contribution in [0.5, 0.6) is 0 Å². The first kappa shape index (κ1) is 22.9. The topological polar surface area (TPSA) is 97.5 Å². The van der Waals surface area contributed by atoms with Gasteiger partial charge in [-0.15, -0.1) is 0 Å². The molecule has 3 aromatic carbocycles. The standard InChI is InChI=1S/C18H16.C6H5N5O.2CH4/c1-3-7-15-13(5-1)9-11-18-16-8-4-2-6-14(16)10-12-17(15)18;7-6-10-4-3(5(12)11-6)8-1-2-9-4;;/h1,3,5,7,9-12H,2,4,6,8H2;1-2H,(H3,7,9,10,11,12);2*1H4. The lowest BCUT2D eigenvalue weighted by Gasteiger charge is -2.18. The molecule has 6 rings (SSSR count). The van der Waals surface area contributed by atoms with E-state index < -0.39 is 0 Å². The van der Waals surface area contributed by atoms with Crippen molar-refractivity contribution in [1.82, 2.24) is 19.9 Å². The Morgan fingerprint density at radius 2 is 1.56 bits per heavy atom. The average molecular weight is 428 g/mol. The van der Waals surface area contributed by atoms with E-state index in [0.717, 1.165) is 0 Å². The highest BCUT2D eigenvalue weighted by Gasteiger charge is 2.13. The van der Waals surface area contributed by atoms with Crippen molar-refractivity contribution in [3.63, 3.8) is 0 Å². The van der Waals surface area contributed by atoms with Gasteiger partial charge in [0.25, 0.3) is 5.56 Å². The van der Waals surface area contributed by atoms with Crippen molar-refractivity contribution in [3.8, 4) is 0 Å². The van der Waals surface area contributed by atoms with Gasteiger partial charge < -0.3 is 5.73 Å². The fraction of sp³-hybridized carbons (Fsp3) is 0.231. The SMILES string of the molecule is C.C.Nc1nc2nccnc2c(=O)[nH]1.c1ccc2c(c1)ccc1c3c(ccc12)CCCC3. The zero-order chi connectivity index (χ0) is 20.5. The Hall–Kier alpha value is -3.80. The Morgan fingerprint density at radius 1 is 0.812 bits per heavy atom. The van der Waals surface area contributed by atoms with Crippen LogP contribution in [0.25, 0.3) is 32.7 Å². The lowest BCUT2D eigenvalue weighted by Crippen LogP contribution is -2.12. The van der Waals surface area contributed by atoms with Gasteiger partial charge in [0.1, 0.15) is 0 Å². The fourth-order valence-corrected chi connectivity index (χ4v) is 4.23. The summed E-state index contributed by atoms with van der Waals surface area (Å²) < 4.78 is 0. The molecule has 0 aliphatic heterocycles. The summed E-state index contributed by atoms with van der Waals surface area (Å²) >= 11 is 0. The van der Waals surface area contributed by atoms with Gasteiger partial charge in [-0.3, -0.25) is 9.78 Å².